The van der Waals surface area contributed by atoms with Crippen LogP contribution in [0.3, 0.4) is 0 Å². The Bertz CT molecular complexity index is 824. The van der Waals surface area contributed by atoms with Crippen LogP contribution in [0.5, 0.6) is 0 Å². The van der Waals surface area contributed by atoms with Gasteiger partial charge in [-0.25, -0.2) is 13.1 Å². The number of hydrogen-bond acceptors (Lipinski definition) is 3. The lowest BCUT2D eigenvalue weighted by Gasteiger charge is -2.21. The Labute approximate surface area is 147 Å². The van der Waals surface area contributed by atoms with Gasteiger partial charge in [0.15, 0.2) is 0 Å². The highest BCUT2D eigenvalue weighted by atomic mass is 35.5. The van der Waals surface area contributed by atoms with Gasteiger partial charge in [-0.2, -0.15) is 0 Å². The predicted molar refractivity (Wildman–Crippen MR) is 95.2 cm³/mol. The Morgan fingerprint density at radius 1 is 1.12 bits per heavy atom. The standard InChI is InChI=1S/C18H18ClNO3S/c1-2-6-18(21)17(13-14-7-4-3-5-8-14)20-24(22,23)16-11-9-15(19)10-12-16/h3-5,7-12,17-18,20-21H,13H2,1H3/t17-,18-/m1/s1. The highest BCUT2D eigenvalue weighted by molar-refractivity contribution is 7.89. The van der Waals surface area contributed by atoms with Crippen LogP contribution in [0.25, 0.3) is 0 Å². The summed E-state index contributed by atoms with van der Waals surface area (Å²) in [5.74, 6) is 5.22. The van der Waals surface area contributed by atoms with E-state index in [1.54, 1.807) is 6.92 Å². The van der Waals surface area contributed by atoms with Gasteiger partial charge in [0, 0.05) is 5.02 Å². The molecular weight excluding hydrogens is 346 g/mol. The average molecular weight is 364 g/mol. The minimum atomic E-state index is -3.80. The summed E-state index contributed by atoms with van der Waals surface area (Å²) in [5.41, 5.74) is 0.901. The van der Waals surface area contributed by atoms with Gasteiger partial charge in [0.1, 0.15) is 6.10 Å². The number of nitrogens with one attached hydrogen (secondary N) is 1. The van der Waals surface area contributed by atoms with E-state index in [4.69, 9.17) is 11.6 Å². The van der Waals surface area contributed by atoms with Gasteiger partial charge in [0.25, 0.3) is 0 Å². The number of hydrogen-bond donors (Lipinski definition) is 2. The average Bonchev–Trinajstić information content (AvgIpc) is 2.55. The molecule has 0 unspecified atom stereocenters. The van der Waals surface area contributed by atoms with Crippen molar-refractivity contribution in [2.75, 3.05) is 0 Å². The van der Waals surface area contributed by atoms with Crippen molar-refractivity contribution in [1.82, 2.24) is 4.72 Å². The third kappa shape index (κ3) is 5.08. The molecule has 0 aliphatic carbocycles. The van der Waals surface area contributed by atoms with Gasteiger partial charge < -0.3 is 5.11 Å². The smallest absolute Gasteiger partial charge is 0.240 e. The van der Waals surface area contributed by atoms with Crippen LogP contribution in [0.4, 0.5) is 0 Å². The van der Waals surface area contributed by atoms with E-state index in [1.807, 2.05) is 30.3 Å². The van der Waals surface area contributed by atoms with E-state index < -0.39 is 22.2 Å². The number of aliphatic hydroxyl groups excluding tert-OH is 1. The normalized spacial score (nSPS) is 13.6. The van der Waals surface area contributed by atoms with E-state index in [9.17, 15) is 13.5 Å². The Balaban J connectivity index is 2.26. The third-order valence-electron chi connectivity index (χ3n) is 3.40. The van der Waals surface area contributed by atoms with E-state index in [2.05, 4.69) is 16.6 Å². The van der Waals surface area contributed by atoms with Crippen LogP contribution in [0.15, 0.2) is 59.5 Å². The van der Waals surface area contributed by atoms with E-state index in [1.165, 1.54) is 24.3 Å². The molecule has 24 heavy (non-hydrogen) atoms. The van der Waals surface area contributed by atoms with Gasteiger partial charge in [0.05, 0.1) is 10.9 Å². The summed E-state index contributed by atoms with van der Waals surface area (Å²) in [4.78, 5) is 0.0848. The fourth-order valence-corrected chi connectivity index (χ4v) is 3.58. The summed E-state index contributed by atoms with van der Waals surface area (Å²) in [6, 6.07) is 14.4. The lowest BCUT2D eigenvalue weighted by atomic mass is 10.0. The second-order valence-electron chi connectivity index (χ2n) is 5.21. The summed E-state index contributed by atoms with van der Waals surface area (Å²) < 4.78 is 27.6. The lowest BCUT2D eigenvalue weighted by molar-refractivity contribution is 0.191. The zero-order valence-corrected chi connectivity index (χ0v) is 14.7. The largest absolute Gasteiger partial charge is 0.379 e. The first-order chi connectivity index (χ1) is 11.4. The quantitative estimate of drug-likeness (QED) is 0.775. The monoisotopic (exact) mass is 363 g/mol. The highest BCUT2D eigenvalue weighted by Crippen LogP contribution is 2.16. The number of rotatable bonds is 6. The van der Waals surface area contributed by atoms with E-state index in [-0.39, 0.29) is 4.90 Å². The van der Waals surface area contributed by atoms with E-state index in [0.717, 1.165) is 5.56 Å². The molecule has 0 radical (unpaired) electrons. The van der Waals surface area contributed by atoms with Crippen LogP contribution in [-0.2, 0) is 16.4 Å². The van der Waals surface area contributed by atoms with Gasteiger partial charge in [0.2, 0.25) is 10.0 Å². The fraction of sp³-hybridized carbons (Fsp3) is 0.222. The first-order valence-corrected chi connectivity index (χ1v) is 9.20. The predicted octanol–water partition coefficient (Wildman–Crippen LogP) is 2.61. The molecule has 126 valence electrons. The van der Waals surface area contributed by atoms with Crippen molar-refractivity contribution in [3.8, 4) is 11.8 Å². The van der Waals surface area contributed by atoms with Gasteiger partial charge in [-0.15, -0.1) is 5.92 Å². The molecule has 4 nitrogen and oxygen atoms in total. The van der Waals surface area contributed by atoms with Crippen LogP contribution in [0.1, 0.15) is 12.5 Å². The van der Waals surface area contributed by atoms with Gasteiger partial charge in [-0.3, -0.25) is 0 Å². The highest BCUT2D eigenvalue weighted by Gasteiger charge is 2.25. The molecule has 0 saturated heterocycles. The molecule has 2 aromatic carbocycles. The minimum absolute atomic E-state index is 0.0848. The lowest BCUT2D eigenvalue weighted by Crippen LogP contribution is -2.44. The number of halogens is 1. The van der Waals surface area contributed by atoms with Gasteiger partial charge in [-0.05, 0) is 43.2 Å². The van der Waals surface area contributed by atoms with E-state index >= 15 is 0 Å². The van der Waals surface area contributed by atoms with Crippen molar-refractivity contribution in [3.63, 3.8) is 0 Å². The van der Waals surface area contributed by atoms with Crippen molar-refractivity contribution in [1.29, 1.82) is 0 Å². The number of sulfonamides is 1. The maximum Gasteiger partial charge on any atom is 0.240 e. The van der Waals surface area contributed by atoms with Crippen molar-refractivity contribution < 1.29 is 13.5 Å². The van der Waals surface area contributed by atoms with Gasteiger partial charge >= 0.3 is 0 Å². The Hall–Kier alpha value is -1.84. The summed E-state index contributed by atoms with van der Waals surface area (Å²) in [7, 11) is -3.80. The summed E-state index contributed by atoms with van der Waals surface area (Å²) in [6.45, 7) is 1.59. The second kappa shape index (κ2) is 8.32. The van der Waals surface area contributed by atoms with Crippen LogP contribution >= 0.6 is 11.6 Å². The molecule has 0 aromatic heterocycles. The van der Waals surface area contributed by atoms with Crippen molar-refractivity contribution >= 4 is 21.6 Å². The Morgan fingerprint density at radius 3 is 2.33 bits per heavy atom. The molecule has 0 saturated carbocycles. The summed E-state index contributed by atoms with van der Waals surface area (Å²) in [5, 5.41) is 10.7. The van der Waals surface area contributed by atoms with Crippen LogP contribution in [0.2, 0.25) is 5.02 Å². The van der Waals surface area contributed by atoms with Crippen molar-refractivity contribution in [3.05, 3.63) is 65.2 Å². The number of benzene rings is 2. The van der Waals surface area contributed by atoms with Gasteiger partial charge in [-0.1, -0.05) is 47.9 Å². The zero-order chi connectivity index (χ0) is 17.6. The molecule has 2 rings (SSSR count). The molecule has 0 heterocycles. The first kappa shape index (κ1) is 18.5. The van der Waals surface area contributed by atoms with Crippen molar-refractivity contribution in [2.24, 2.45) is 0 Å². The molecule has 2 atom stereocenters. The number of aliphatic hydroxyl groups is 1. The second-order valence-corrected chi connectivity index (χ2v) is 7.36. The summed E-state index contributed by atoms with van der Waals surface area (Å²) in [6.07, 6.45) is -0.791. The molecule has 2 aromatic rings. The molecule has 0 spiro atoms. The molecule has 0 aliphatic heterocycles. The van der Waals surface area contributed by atoms with Crippen LogP contribution < -0.4 is 4.72 Å². The molecule has 0 amide bonds. The van der Waals surface area contributed by atoms with E-state index in [0.29, 0.717) is 11.4 Å². The van der Waals surface area contributed by atoms with Crippen molar-refractivity contribution in [2.45, 2.75) is 30.4 Å². The maximum absolute atomic E-state index is 12.5. The molecule has 2 N–H and O–H groups in total. The minimum Gasteiger partial charge on any atom is -0.379 e. The molecule has 0 aliphatic rings. The fourth-order valence-electron chi connectivity index (χ4n) is 2.22. The maximum atomic E-state index is 12.5. The third-order valence-corrected chi connectivity index (χ3v) is 5.16. The topological polar surface area (TPSA) is 66.4 Å². The molecule has 0 fully saturated rings. The zero-order valence-electron chi connectivity index (χ0n) is 13.1. The summed E-state index contributed by atoms with van der Waals surface area (Å²) >= 11 is 5.79. The SMILES string of the molecule is CC#C[C@@H](O)[C@@H](Cc1ccccc1)NS(=O)(=O)c1ccc(Cl)cc1. The molecular formula is C18H18ClNO3S. The first-order valence-electron chi connectivity index (χ1n) is 7.34. The van der Waals surface area contributed by atoms with Crippen LogP contribution in [-0.4, -0.2) is 25.7 Å². The Morgan fingerprint density at radius 2 is 1.75 bits per heavy atom. The Kier molecular flexibility index (Phi) is 6.41. The molecule has 6 heteroatoms. The molecule has 0 bridgehead atoms. The van der Waals surface area contributed by atoms with Crippen LogP contribution in [0, 0.1) is 11.8 Å².